The molecule has 1 N–H and O–H groups in total. The van der Waals surface area contributed by atoms with Crippen LogP contribution in [-0.2, 0) is 11.2 Å². The summed E-state index contributed by atoms with van der Waals surface area (Å²) in [4.78, 5) is 16.7. The first-order valence-electron chi connectivity index (χ1n) is 5.87. The Morgan fingerprint density at radius 2 is 2.25 bits per heavy atom. The molecule has 1 aromatic heterocycles. The van der Waals surface area contributed by atoms with Crippen LogP contribution in [0.15, 0.2) is 29.9 Å². The molecule has 20 heavy (non-hydrogen) atoms. The SMILES string of the molecule is O=C(COc1ccc(Cl)cc1Cl)NCCc1cncs1. The van der Waals surface area contributed by atoms with Crippen LogP contribution in [0.25, 0.3) is 0 Å². The molecule has 0 saturated carbocycles. The van der Waals surface area contributed by atoms with Gasteiger partial charge in [0, 0.05) is 29.1 Å². The predicted octanol–water partition coefficient (Wildman–Crippen LogP) is 3.19. The van der Waals surface area contributed by atoms with Crippen LogP contribution in [0.3, 0.4) is 0 Å². The summed E-state index contributed by atoms with van der Waals surface area (Å²) in [7, 11) is 0. The molecule has 0 aliphatic carbocycles. The number of aromatic nitrogens is 1. The van der Waals surface area contributed by atoms with Crippen LogP contribution in [0.2, 0.25) is 10.0 Å². The van der Waals surface area contributed by atoms with E-state index in [4.69, 9.17) is 27.9 Å². The number of thiazole rings is 1. The van der Waals surface area contributed by atoms with Crippen LogP contribution in [0.4, 0.5) is 0 Å². The van der Waals surface area contributed by atoms with Gasteiger partial charge in [0.1, 0.15) is 5.75 Å². The van der Waals surface area contributed by atoms with Gasteiger partial charge in [0.2, 0.25) is 0 Å². The van der Waals surface area contributed by atoms with Gasteiger partial charge in [-0.05, 0) is 18.2 Å². The Morgan fingerprint density at radius 3 is 2.95 bits per heavy atom. The van der Waals surface area contributed by atoms with Gasteiger partial charge in [0.15, 0.2) is 6.61 Å². The van der Waals surface area contributed by atoms with E-state index in [9.17, 15) is 4.79 Å². The molecule has 0 bridgehead atoms. The first-order chi connectivity index (χ1) is 9.65. The van der Waals surface area contributed by atoms with Gasteiger partial charge < -0.3 is 10.1 Å². The molecule has 0 radical (unpaired) electrons. The summed E-state index contributed by atoms with van der Waals surface area (Å²) in [5.74, 6) is 0.245. The summed E-state index contributed by atoms with van der Waals surface area (Å²) in [6.07, 6.45) is 2.55. The highest BCUT2D eigenvalue weighted by Crippen LogP contribution is 2.27. The van der Waals surface area contributed by atoms with Gasteiger partial charge in [-0.25, -0.2) is 0 Å². The fraction of sp³-hybridized carbons (Fsp3) is 0.231. The van der Waals surface area contributed by atoms with E-state index < -0.39 is 0 Å². The van der Waals surface area contributed by atoms with Gasteiger partial charge >= 0.3 is 0 Å². The lowest BCUT2D eigenvalue weighted by Crippen LogP contribution is -2.30. The van der Waals surface area contributed by atoms with E-state index in [0.717, 1.165) is 11.3 Å². The summed E-state index contributed by atoms with van der Waals surface area (Å²) >= 11 is 13.3. The van der Waals surface area contributed by atoms with Crippen molar-refractivity contribution in [1.82, 2.24) is 10.3 Å². The standard InChI is InChI=1S/C13H12Cl2N2O2S/c14-9-1-2-12(11(15)5-9)19-7-13(18)17-4-3-10-6-16-8-20-10/h1-2,5-6,8H,3-4,7H2,(H,17,18). The Kier molecular flexibility index (Phi) is 5.64. The van der Waals surface area contributed by atoms with Crippen molar-refractivity contribution in [2.24, 2.45) is 0 Å². The Bertz CT molecular complexity index is 576. The lowest BCUT2D eigenvalue weighted by Gasteiger charge is -2.08. The fourth-order valence-corrected chi connectivity index (χ4v) is 2.54. The molecule has 0 saturated heterocycles. The molecule has 0 fully saturated rings. The van der Waals surface area contributed by atoms with Crippen molar-refractivity contribution in [1.29, 1.82) is 0 Å². The lowest BCUT2D eigenvalue weighted by atomic mass is 10.3. The summed E-state index contributed by atoms with van der Waals surface area (Å²) in [5.41, 5.74) is 1.77. The first kappa shape index (κ1) is 15.1. The van der Waals surface area contributed by atoms with E-state index in [2.05, 4.69) is 10.3 Å². The van der Waals surface area contributed by atoms with E-state index in [-0.39, 0.29) is 12.5 Å². The zero-order valence-electron chi connectivity index (χ0n) is 10.4. The van der Waals surface area contributed by atoms with E-state index >= 15 is 0 Å². The van der Waals surface area contributed by atoms with E-state index in [1.165, 1.54) is 0 Å². The molecule has 1 amide bonds. The van der Waals surface area contributed by atoms with Crippen LogP contribution in [0.1, 0.15) is 4.88 Å². The largest absolute Gasteiger partial charge is 0.482 e. The maximum absolute atomic E-state index is 11.6. The average Bonchev–Trinajstić information content (AvgIpc) is 2.91. The molecule has 0 aliphatic heterocycles. The van der Waals surface area contributed by atoms with Gasteiger partial charge in [-0.2, -0.15) is 0 Å². The van der Waals surface area contributed by atoms with Crippen molar-refractivity contribution in [2.45, 2.75) is 6.42 Å². The number of nitrogens with one attached hydrogen (secondary N) is 1. The second-order valence-electron chi connectivity index (χ2n) is 3.93. The third-order valence-corrected chi connectivity index (χ3v) is 3.80. The van der Waals surface area contributed by atoms with Gasteiger partial charge in [0.05, 0.1) is 10.5 Å². The van der Waals surface area contributed by atoms with Gasteiger partial charge in [0.25, 0.3) is 5.91 Å². The van der Waals surface area contributed by atoms with E-state index in [1.54, 1.807) is 41.2 Å². The number of amides is 1. The van der Waals surface area contributed by atoms with Gasteiger partial charge in [-0.15, -0.1) is 11.3 Å². The van der Waals surface area contributed by atoms with Gasteiger partial charge in [-0.3, -0.25) is 9.78 Å². The average molecular weight is 331 g/mol. The first-order valence-corrected chi connectivity index (χ1v) is 7.50. The van der Waals surface area contributed by atoms with Crippen LogP contribution < -0.4 is 10.1 Å². The topological polar surface area (TPSA) is 51.2 Å². The molecule has 106 valence electrons. The highest BCUT2D eigenvalue weighted by molar-refractivity contribution is 7.09. The summed E-state index contributed by atoms with van der Waals surface area (Å²) in [6.45, 7) is 0.475. The van der Waals surface area contributed by atoms with Crippen LogP contribution in [0, 0.1) is 0 Å². The van der Waals surface area contributed by atoms with Crippen LogP contribution in [0.5, 0.6) is 5.75 Å². The Hall–Kier alpha value is -1.30. The number of hydrogen-bond donors (Lipinski definition) is 1. The smallest absolute Gasteiger partial charge is 0.257 e. The Labute approximate surface area is 130 Å². The van der Waals surface area contributed by atoms with Gasteiger partial charge in [-0.1, -0.05) is 23.2 Å². The molecule has 0 aliphatic rings. The summed E-state index contributed by atoms with van der Waals surface area (Å²) in [6, 6.07) is 4.86. The van der Waals surface area contributed by atoms with Crippen LogP contribution in [-0.4, -0.2) is 24.0 Å². The molecule has 1 heterocycles. The zero-order valence-corrected chi connectivity index (χ0v) is 12.8. The maximum Gasteiger partial charge on any atom is 0.257 e. The van der Waals surface area contributed by atoms with E-state index in [0.29, 0.717) is 22.3 Å². The molecule has 0 unspecified atom stereocenters. The number of ether oxygens (including phenoxy) is 1. The minimum absolute atomic E-state index is 0.0793. The number of carbonyl (C=O) groups is 1. The van der Waals surface area contributed by atoms with Crippen molar-refractivity contribution in [3.8, 4) is 5.75 Å². The Morgan fingerprint density at radius 1 is 1.40 bits per heavy atom. The molecule has 1 aromatic carbocycles. The second-order valence-corrected chi connectivity index (χ2v) is 5.75. The number of benzene rings is 1. The molecule has 0 atom stereocenters. The number of halogens is 2. The minimum Gasteiger partial charge on any atom is -0.482 e. The zero-order chi connectivity index (χ0) is 14.4. The third kappa shape index (κ3) is 4.67. The van der Waals surface area contributed by atoms with Crippen molar-refractivity contribution in [3.63, 3.8) is 0 Å². The summed E-state index contributed by atoms with van der Waals surface area (Å²) in [5, 5.41) is 3.68. The van der Waals surface area contributed by atoms with Crippen molar-refractivity contribution in [3.05, 3.63) is 44.8 Å². The molecule has 7 heteroatoms. The van der Waals surface area contributed by atoms with Crippen molar-refractivity contribution in [2.75, 3.05) is 13.2 Å². The van der Waals surface area contributed by atoms with Crippen LogP contribution >= 0.6 is 34.5 Å². The molecule has 4 nitrogen and oxygen atoms in total. The predicted molar refractivity (Wildman–Crippen MR) is 80.8 cm³/mol. The number of rotatable bonds is 6. The molecule has 2 rings (SSSR count). The van der Waals surface area contributed by atoms with E-state index in [1.807, 2.05) is 0 Å². The monoisotopic (exact) mass is 330 g/mol. The van der Waals surface area contributed by atoms with Crippen molar-refractivity contribution >= 4 is 40.4 Å². The fourth-order valence-electron chi connectivity index (χ4n) is 1.48. The molecular weight excluding hydrogens is 319 g/mol. The quantitative estimate of drug-likeness (QED) is 0.884. The number of hydrogen-bond acceptors (Lipinski definition) is 4. The maximum atomic E-state index is 11.6. The lowest BCUT2D eigenvalue weighted by molar-refractivity contribution is -0.123. The Balaban J connectivity index is 1.72. The minimum atomic E-state index is -0.194. The number of nitrogens with zero attached hydrogens (tertiary/aromatic N) is 1. The third-order valence-electron chi connectivity index (χ3n) is 2.43. The molecule has 2 aromatic rings. The molecular formula is C13H12Cl2N2O2S. The highest BCUT2D eigenvalue weighted by Gasteiger charge is 2.06. The highest BCUT2D eigenvalue weighted by atomic mass is 35.5. The van der Waals surface area contributed by atoms with Crippen molar-refractivity contribution < 1.29 is 9.53 Å². The normalized spacial score (nSPS) is 10.3. The second kappa shape index (κ2) is 7.47. The molecule has 0 spiro atoms. The summed E-state index contributed by atoms with van der Waals surface area (Å²) < 4.78 is 5.33. The number of carbonyl (C=O) groups excluding carboxylic acids is 1.